The summed E-state index contributed by atoms with van der Waals surface area (Å²) in [5.74, 6) is 2.35. The Bertz CT molecular complexity index is 703. The highest BCUT2D eigenvalue weighted by Gasteiger charge is 2.37. The first kappa shape index (κ1) is 18.9. The number of aryl methyl sites for hydroxylation is 1. The van der Waals surface area contributed by atoms with Crippen LogP contribution in [0.15, 0.2) is 24.3 Å². The number of rotatable bonds is 7. The molecule has 0 unspecified atom stereocenters. The summed E-state index contributed by atoms with van der Waals surface area (Å²) in [6.07, 6.45) is 4.20. The van der Waals surface area contributed by atoms with E-state index in [0.29, 0.717) is 19.3 Å². The van der Waals surface area contributed by atoms with Gasteiger partial charge in [-0.3, -0.25) is 0 Å². The van der Waals surface area contributed by atoms with Crippen molar-refractivity contribution in [3.8, 4) is 5.75 Å². The van der Waals surface area contributed by atoms with Crippen LogP contribution in [-0.2, 0) is 18.6 Å². The largest absolute Gasteiger partial charge is 0.497 e. The van der Waals surface area contributed by atoms with Crippen LogP contribution in [0, 0.1) is 0 Å². The molecule has 142 valence electrons. The average Bonchev–Trinajstić information content (AvgIpc) is 3.07. The molecular weight excluding hydrogens is 328 g/mol. The summed E-state index contributed by atoms with van der Waals surface area (Å²) in [6, 6.07) is 7.98. The van der Waals surface area contributed by atoms with E-state index in [9.17, 15) is 5.11 Å². The van der Waals surface area contributed by atoms with Crippen molar-refractivity contribution in [3.63, 3.8) is 0 Å². The van der Waals surface area contributed by atoms with Crippen LogP contribution in [0.4, 0.5) is 0 Å². The standard InChI is InChI=1S/C20H30N4O2/c1-4-5-12-24-19(20(25)10-13-23(2)14-11-20)21-18(22-24)15-16-6-8-17(26-3)9-7-16/h6-9,25H,4-5,10-15H2,1-3H3. The van der Waals surface area contributed by atoms with E-state index < -0.39 is 5.60 Å². The smallest absolute Gasteiger partial charge is 0.159 e. The highest BCUT2D eigenvalue weighted by molar-refractivity contribution is 5.29. The summed E-state index contributed by atoms with van der Waals surface area (Å²) in [5, 5.41) is 15.9. The number of nitrogens with zero attached hydrogens (tertiary/aromatic N) is 4. The van der Waals surface area contributed by atoms with E-state index in [1.54, 1.807) is 7.11 Å². The average molecular weight is 358 g/mol. The van der Waals surface area contributed by atoms with Gasteiger partial charge in [0.1, 0.15) is 11.4 Å². The molecule has 26 heavy (non-hydrogen) atoms. The highest BCUT2D eigenvalue weighted by atomic mass is 16.5. The zero-order valence-electron chi connectivity index (χ0n) is 16.1. The van der Waals surface area contributed by atoms with Gasteiger partial charge in [-0.1, -0.05) is 25.5 Å². The van der Waals surface area contributed by atoms with Crippen LogP contribution in [0.2, 0.25) is 0 Å². The van der Waals surface area contributed by atoms with Crippen LogP contribution in [0.1, 0.15) is 49.8 Å². The first-order valence-corrected chi connectivity index (χ1v) is 9.52. The molecule has 2 heterocycles. The topological polar surface area (TPSA) is 63.4 Å². The van der Waals surface area contributed by atoms with Crippen molar-refractivity contribution >= 4 is 0 Å². The Labute approximate surface area is 155 Å². The van der Waals surface area contributed by atoms with E-state index in [1.807, 2.05) is 28.9 Å². The lowest BCUT2D eigenvalue weighted by molar-refractivity contribution is -0.0312. The Kier molecular flexibility index (Phi) is 5.94. The van der Waals surface area contributed by atoms with E-state index in [-0.39, 0.29) is 0 Å². The molecule has 0 radical (unpaired) electrons. The number of benzene rings is 1. The van der Waals surface area contributed by atoms with Gasteiger partial charge < -0.3 is 14.7 Å². The number of aliphatic hydroxyl groups is 1. The van der Waals surface area contributed by atoms with Crippen LogP contribution in [0.5, 0.6) is 5.75 Å². The maximum absolute atomic E-state index is 11.2. The van der Waals surface area contributed by atoms with E-state index in [0.717, 1.165) is 55.4 Å². The number of piperidine rings is 1. The maximum Gasteiger partial charge on any atom is 0.159 e. The molecule has 6 nitrogen and oxygen atoms in total. The second kappa shape index (κ2) is 8.18. The molecule has 2 aromatic rings. The van der Waals surface area contributed by atoms with Crippen molar-refractivity contribution in [2.45, 2.75) is 51.2 Å². The van der Waals surface area contributed by atoms with Crippen molar-refractivity contribution in [3.05, 3.63) is 41.5 Å². The van der Waals surface area contributed by atoms with E-state index >= 15 is 0 Å². The first-order chi connectivity index (χ1) is 12.5. The van der Waals surface area contributed by atoms with Gasteiger partial charge in [-0.05, 0) is 44.0 Å². The fourth-order valence-corrected chi connectivity index (χ4v) is 3.41. The lowest BCUT2D eigenvalue weighted by atomic mass is 9.90. The summed E-state index contributed by atoms with van der Waals surface area (Å²) in [4.78, 5) is 7.02. The Balaban J connectivity index is 1.83. The van der Waals surface area contributed by atoms with E-state index in [1.165, 1.54) is 0 Å². The number of likely N-dealkylation sites (tertiary alicyclic amines) is 1. The summed E-state index contributed by atoms with van der Waals surface area (Å²) in [5.41, 5.74) is 0.270. The van der Waals surface area contributed by atoms with Crippen molar-refractivity contribution in [2.24, 2.45) is 0 Å². The molecule has 6 heteroatoms. The molecule has 1 saturated heterocycles. The van der Waals surface area contributed by atoms with Crippen LogP contribution in [0.25, 0.3) is 0 Å². The molecule has 1 aliphatic heterocycles. The molecule has 1 fully saturated rings. The van der Waals surface area contributed by atoms with Gasteiger partial charge in [0.15, 0.2) is 11.6 Å². The van der Waals surface area contributed by atoms with Crippen molar-refractivity contribution in [2.75, 3.05) is 27.2 Å². The van der Waals surface area contributed by atoms with Gasteiger partial charge in [0.05, 0.1) is 7.11 Å². The second-order valence-corrected chi connectivity index (χ2v) is 7.29. The molecule has 0 aliphatic carbocycles. The fourth-order valence-electron chi connectivity index (χ4n) is 3.41. The number of unbranched alkanes of at least 4 members (excludes halogenated alkanes) is 1. The zero-order chi connectivity index (χ0) is 18.6. The minimum absolute atomic E-state index is 0.659. The molecule has 0 atom stereocenters. The lowest BCUT2D eigenvalue weighted by Crippen LogP contribution is -2.42. The molecule has 0 amide bonds. The minimum Gasteiger partial charge on any atom is -0.497 e. The van der Waals surface area contributed by atoms with E-state index in [2.05, 4.69) is 18.9 Å². The maximum atomic E-state index is 11.2. The normalized spacial score (nSPS) is 17.4. The highest BCUT2D eigenvalue weighted by Crippen LogP contribution is 2.31. The van der Waals surface area contributed by atoms with Gasteiger partial charge in [-0.2, -0.15) is 5.10 Å². The third-order valence-corrected chi connectivity index (χ3v) is 5.19. The molecule has 0 spiro atoms. The second-order valence-electron chi connectivity index (χ2n) is 7.29. The number of methoxy groups -OCH3 is 1. The van der Waals surface area contributed by atoms with E-state index in [4.69, 9.17) is 14.8 Å². The monoisotopic (exact) mass is 358 g/mol. The summed E-state index contributed by atoms with van der Waals surface area (Å²) in [6.45, 7) is 4.73. The van der Waals surface area contributed by atoms with Crippen molar-refractivity contribution < 1.29 is 9.84 Å². The molecule has 1 aliphatic rings. The molecular formula is C20H30N4O2. The first-order valence-electron chi connectivity index (χ1n) is 9.52. The van der Waals surface area contributed by atoms with Gasteiger partial charge in [0.25, 0.3) is 0 Å². The molecule has 1 N–H and O–H groups in total. The lowest BCUT2D eigenvalue weighted by Gasteiger charge is -2.35. The fraction of sp³-hybridized carbons (Fsp3) is 0.600. The Morgan fingerprint density at radius 1 is 1.19 bits per heavy atom. The summed E-state index contributed by atoms with van der Waals surface area (Å²) >= 11 is 0. The Morgan fingerprint density at radius 2 is 1.88 bits per heavy atom. The Morgan fingerprint density at radius 3 is 2.50 bits per heavy atom. The number of ether oxygens (including phenoxy) is 1. The molecule has 1 aromatic carbocycles. The zero-order valence-corrected chi connectivity index (χ0v) is 16.1. The van der Waals surface area contributed by atoms with Crippen LogP contribution < -0.4 is 4.74 Å². The summed E-state index contributed by atoms with van der Waals surface area (Å²) in [7, 11) is 3.76. The van der Waals surface area contributed by atoms with Gasteiger partial charge in [0.2, 0.25) is 0 Å². The molecule has 1 aromatic heterocycles. The van der Waals surface area contributed by atoms with Gasteiger partial charge in [-0.15, -0.1) is 0 Å². The molecule has 0 bridgehead atoms. The molecule has 0 saturated carbocycles. The molecule has 3 rings (SSSR count). The quantitative estimate of drug-likeness (QED) is 0.824. The third-order valence-electron chi connectivity index (χ3n) is 5.19. The number of aromatic nitrogens is 3. The van der Waals surface area contributed by atoms with Crippen molar-refractivity contribution in [1.82, 2.24) is 19.7 Å². The number of hydrogen-bond acceptors (Lipinski definition) is 5. The van der Waals surface area contributed by atoms with Gasteiger partial charge in [-0.25, -0.2) is 9.67 Å². The van der Waals surface area contributed by atoms with Gasteiger partial charge >= 0.3 is 0 Å². The van der Waals surface area contributed by atoms with Crippen LogP contribution in [-0.4, -0.2) is 52.0 Å². The predicted octanol–water partition coefficient (Wildman–Crippen LogP) is 2.59. The summed E-state index contributed by atoms with van der Waals surface area (Å²) < 4.78 is 7.15. The minimum atomic E-state index is -0.870. The van der Waals surface area contributed by atoms with Gasteiger partial charge in [0, 0.05) is 26.1 Å². The SMILES string of the molecule is CCCCn1nc(Cc2ccc(OC)cc2)nc1C1(O)CCN(C)CC1. The Hall–Kier alpha value is -1.92. The van der Waals surface area contributed by atoms with Crippen LogP contribution in [0.3, 0.4) is 0 Å². The predicted molar refractivity (Wildman–Crippen MR) is 101 cm³/mol. The van der Waals surface area contributed by atoms with Crippen LogP contribution >= 0.6 is 0 Å². The number of hydrogen-bond donors (Lipinski definition) is 1. The van der Waals surface area contributed by atoms with Crippen molar-refractivity contribution in [1.29, 1.82) is 0 Å². The third kappa shape index (κ3) is 4.24.